The Morgan fingerprint density at radius 2 is 1.81 bits per heavy atom. The molecule has 1 saturated carbocycles. The lowest BCUT2D eigenvalue weighted by molar-refractivity contribution is 0.185. The van der Waals surface area contributed by atoms with E-state index < -0.39 is 15.6 Å². The molecule has 1 aliphatic rings. The van der Waals surface area contributed by atoms with Crippen molar-refractivity contribution in [2.45, 2.75) is 56.9 Å². The van der Waals surface area contributed by atoms with Crippen molar-refractivity contribution in [3.63, 3.8) is 0 Å². The minimum Gasteiger partial charge on any atom is -0.398 e. The van der Waals surface area contributed by atoms with Crippen LogP contribution in [0.2, 0.25) is 0 Å². The van der Waals surface area contributed by atoms with Gasteiger partial charge in [0.25, 0.3) is 0 Å². The molecule has 0 amide bonds. The van der Waals surface area contributed by atoms with Crippen molar-refractivity contribution in [2.24, 2.45) is 0 Å². The van der Waals surface area contributed by atoms with Gasteiger partial charge in [-0.15, -0.1) is 0 Å². The van der Waals surface area contributed by atoms with Gasteiger partial charge in [0.2, 0.25) is 10.0 Å². The van der Waals surface area contributed by atoms with E-state index in [0.29, 0.717) is 29.7 Å². The molecule has 1 aromatic rings. The maximum atomic E-state index is 12.8. The van der Waals surface area contributed by atoms with E-state index in [-0.39, 0.29) is 11.5 Å². The van der Waals surface area contributed by atoms with Gasteiger partial charge in [0, 0.05) is 5.69 Å². The summed E-state index contributed by atoms with van der Waals surface area (Å²) >= 11 is 0. The number of aryl methyl sites for hydroxylation is 2. The Morgan fingerprint density at radius 1 is 1.24 bits per heavy atom. The number of anilines is 1. The Kier molecular flexibility index (Phi) is 4.33. The summed E-state index contributed by atoms with van der Waals surface area (Å²) in [4.78, 5) is 0.241. The zero-order valence-corrected chi connectivity index (χ0v) is 13.7. The quantitative estimate of drug-likeness (QED) is 0.739. The molecule has 6 heteroatoms. The lowest BCUT2D eigenvalue weighted by Crippen LogP contribution is -2.49. The first-order valence-electron chi connectivity index (χ1n) is 7.23. The van der Waals surface area contributed by atoms with Crippen molar-refractivity contribution in [1.29, 1.82) is 0 Å². The molecule has 0 unspecified atom stereocenters. The third-order valence-corrected chi connectivity index (χ3v) is 6.31. The summed E-state index contributed by atoms with van der Waals surface area (Å²) in [5.41, 5.74) is 7.89. The van der Waals surface area contributed by atoms with Gasteiger partial charge in [-0.2, -0.15) is 0 Å². The molecule has 0 saturated heterocycles. The highest BCUT2D eigenvalue weighted by molar-refractivity contribution is 7.89. The SMILES string of the molecule is Cc1cc(C)c(S(=O)(=O)NC2(CO)CCCC2)c(C)c1N. The van der Waals surface area contributed by atoms with E-state index in [4.69, 9.17) is 5.73 Å². The standard InChI is InChI=1S/C15H24N2O3S/c1-10-8-11(2)14(12(3)13(10)16)21(19,20)17-15(9-18)6-4-5-7-15/h8,17-18H,4-7,9,16H2,1-3H3. The Balaban J connectivity index is 2.48. The van der Waals surface area contributed by atoms with Crippen molar-refractivity contribution in [3.8, 4) is 0 Å². The zero-order valence-electron chi connectivity index (χ0n) is 12.9. The van der Waals surface area contributed by atoms with Gasteiger partial charge >= 0.3 is 0 Å². The molecule has 1 fully saturated rings. The first-order chi connectivity index (χ1) is 9.72. The van der Waals surface area contributed by atoms with E-state index >= 15 is 0 Å². The van der Waals surface area contributed by atoms with E-state index in [1.54, 1.807) is 19.9 Å². The lowest BCUT2D eigenvalue weighted by atomic mass is 10.0. The smallest absolute Gasteiger partial charge is 0.241 e. The van der Waals surface area contributed by atoms with E-state index in [1.165, 1.54) is 0 Å². The van der Waals surface area contributed by atoms with E-state index in [0.717, 1.165) is 18.4 Å². The van der Waals surface area contributed by atoms with Gasteiger partial charge < -0.3 is 10.8 Å². The van der Waals surface area contributed by atoms with Crippen LogP contribution in [0.25, 0.3) is 0 Å². The Labute approximate surface area is 126 Å². The topological polar surface area (TPSA) is 92.4 Å². The van der Waals surface area contributed by atoms with Crippen molar-refractivity contribution in [1.82, 2.24) is 4.72 Å². The summed E-state index contributed by atoms with van der Waals surface area (Å²) in [6, 6.07) is 1.79. The Morgan fingerprint density at radius 3 is 2.33 bits per heavy atom. The van der Waals surface area contributed by atoms with Crippen molar-refractivity contribution < 1.29 is 13.5 Å². The van der Waals surface area contributed by atoms with E-state index in [2.05, 4.69) is 4.72 Å². The predicted octanol–water partition coefficient (Wildman–Crippen LogP) is 1.78. The zero-order chi connectivity index (χ0) is 15.8. The van der Waals surface area contributed by atoms with E-state index in [1.807, 2.05) is 6.92 Å². The number of nitrogens with two attached hydrogens (primary N) is 1. The van der Waals surface area contributed by atoms with Crippen LogP contribution in [0, 0.1) is 20.8 Å². The number of hydrogen-bond donors (Lipinski definition) is 3. The second kappa shape index (κ2) is 5.59. The number of sulfonamides is 1. The van der Waals surface area contributed by atoms with Crippen LogP contribution in [-0.2, 0) is 10.0 Å². The molecule has 0 atom stereocenters. The number of benzene rings is 1. The van der Waals surface area contributed by atoms with E-state index in [9.17, 15) is 13.5 Å². The van der Waals surface area contributed by atoms with Crippen LogP contribution >= 0.6 is 0 Å². The van der Waals surface area contributed by atoms with Gasteiger partial charge in [-0.1, -0.05) is 18.9 Å². The average molecular weight is 312 g/mol. The molecule has 0 radical (unpaired) electrons. The first kappa shape index (κ1) is 16.3. The largest absolute Gasteiger partial charge is 0.398 e. The number of aliphatic hydroxyl groups excluding tert-OH is 1. The molecule has 118 valence electrons. The minimum atomic E-state index is -3.70. The molecule has 4 N–H and O–H groups in total. The summed E-state index contributed by atoms with van der Waals surface area (Å²) in [5.74, 6) is 0. The number of rotatable bonds is 4. The van der Waals surface area contributed by atoms with Crippen molar-refractivity contribution >= 4 is 15.7 Å². The first-order valence-corrected chi connectivity index (χ1v) is 8.72. The minimum absolute atomic E-state index is 0.175. The fraction of sp³-hybridized carbons (Fsp3) is 0.600. The summed E-state index contributed by atoms with van der Waals surface area (Å²) in [5, 5.41) is 9.61. The Hall–Kier alpha value is -1.11. The molecule has 0 bridgehead atoms. The monoisotopic (exact) mass is 312 g/mol. The molecule has 21 heavy (non-hydrogen) atoms. The molecule has 0 aromatic heterocycles. The van der Waals surface area contributed by atoms with Crippen LogP contribution < -0.4 is 10.5 Å². The molecule has 2 rings (SSSR count). The van der Waals surface area contributed by atoms with Gasteiger partial charge in [0.1, 0.15) is 0 Å². The molecule has 5 nitrogen and oxygen atoms in total. The third kappa shape index (κ3) is 2.93. The summed E-state index contributed by atoms with van der Waals surface area (Å²) in [6.07, 6.45) is 3.19. The molecular formula is C15H24N2O3S. The molecule has 1 aromatic carbocycles. The fourth-order valence-corrected chi connectivity index (χ4v) is 5.21. The van der Waals surface area contributed by atoms with Crippen LogP contribution in [-0.4, -0.2) is 25.7 Å². The number of hydrogen-bond acceptors (Lipinski definition) is 4. The highest BCUT2D eigenvalue weighted by atomic mass is 32.2. The third-order valence-electron chi connectivity index (χ3n) is 4.44. The summed E-state index contributed by atoms with van der Waals surface area (Å²) in [7, 11) is -3.70. The van der Waals surface area contributed by atoms with Crippen LogP contribution in [0.4, 0.5) is 5.69 Å². The maximum Gasteiger partial charge on any atom is 0.241 e. The van der Waals surface area contributed by atoms with Crippen LogP contribution in [0.3, 0.4) is 0 Å². The number of nitrogen functional groups attached to an aromatic ring is 1. The highest BCUT2D eigenvalue weighted by Gasteiger charge is 2.38. The molecule has 0 aliphatic heterocycles. The fourth-order valence-electron chi connectivity index (χ4n) is 3.28. The molecule has 0 heterocycles. The second-order valence-electron chi connectivity index (χ2n) is 6.13. The molecule has 0 spiro atoms. The van der Waals surface area contributed by atoms with Gasteiger partial charge in [0.05, 0.1) is 17.0 Å². The van der Waals surface area contributed by atoms with Crippen molar-refractivity contribution in [2.75, 3.05) is 12.3 Å². The predicted molar refractivity (Wildman–Crippen MR) is 83.7 cm³/mol. The van der Waals surface area contributed by atoms with Gasteiger partial charge in [-0.25, -0.2) is 13.1 Å². The normalized spacial score (nSPS) is 18.1. The number of nitrogens with one attached hydrogen (secondary N) is 1. The molecular weight excluding hydrogens is 288 g/mol. The molecule has 1 aliphatic carbocycles. The van der Waals surface area contributed by atoms with Crippen LogP contribution in [0.15, 0.2) is 11.0 Å². The number of aliphatic hydroxyl groups is 1. The average Bonchev–Trinajstić information content (AvgIpc) is 2.84. The lowest BCUT2D eigenvalue weighted by Gasteiger charge is -2.28. The maximum absolute atomic E-state index is 12.8. The van der Waals surface area contributed by atoms with Crippen molar-refractivity contribution in [3.05, 3.63) is 22.8 Å². The van der Waals surface area contributed by atoms with Crippen LogP contribution in [0.5, 0.6) is 0 Å². The van der Waals surface area contributed by atoms with Gasteiger partial charge in [0.15, 0.2) is 0 Å². The second-order valence-corrected chi connectivity index (χ2v) is 7.75. The summed E-state index contributed by atoms with van der Waals surface area (Å²) < 4.78 is 28.3. The Bertz CT molecular complexity index is 647. The van der Waals surface area contributed by atoms with Gasteiger partial charge in [-0.3, -0.25) is 0 Å². The van der Waals surface area contributed by atoms with Gasteiger partial charge in [-0.05, 0) is 50.3 Å². The van der Waals surface area contributed by atoms with Crippen LogP contribution in [0.1, 0.15) is 42.4 Å². The summed E-state index contributed by atoms with van der Waals surface area (Å²) in [6.45, 7) is 5.19. The highest BCUT2D eigenvalue weighted by Crippen LogP contribution is 2.33.